The second kappa shape index (κ2) is 6.55. The maximum atomic E-state index is 12.4. The zero-order valence-corrected chi connectivity index (χ0v) is 13.5. The smallest absolute Gasteiger partial charge is 0.255 e. The van der Waals surface area contributed by atoms with Crippen molar-refractivity contribution in [2.45, 2.75) is 33.2 Å². The highest BCUT2D eigenvalue weighted by atomic mass is 79.9. The highest BCUT2D eigenvalue weighted by Gasteiger charge is 2.20. The van der Waals surface area contributed by atoms with Gasteiger partial charge in [0.05, 0.1) is 5.56 Å². The number of nitrogens with zero attached hydrogens (tertiary/aromatic N) is 1. The molecule has 0 radical (unpaired) electrons. The van der Waals surface area contributed by atoms with E-state index in [1.807, 2.05) is 36.9 Å². The highest BCUT2D eigenvalue weighted by molar-refractivity contribution is 9.11. The van der Waals surface area contributed by atoms with Gasteiger partial charge in [0.15, 0.2) is 0 Å². The minimum absolute atomic E-state index is 0.0787. The van der Waals surface area contributed by atoms with E-state index >= 15 is 0 Å². The summed E-state index contributed by atoms with van der Waals surface area (Å²) in [6.45, 7) is 6.95. The molecule has 17 heavy (non-hydrogen) atoms. The van der Waals surface area contributed by atoms with E-state index < -0.39 is 0 Å². The van der Waals surface area contributed by atoms with Crippen molar-refractivity contribution in [2.24, 2.45) is 0 Å². The van der Waals surface area contributed by atoms with E-state index in [1.54, 1.807) is 0 Å². The molecule has 0 fully saturated rings. The molecule has 0 aliphatic rings. The van der Waals surface area contributed by atoms with Crippen LogP contribution in [0, 0.1) is 0 Å². The van der Waals surface area contributed by atoms with Crippen molar-refractivity contribution < 1.29 is 4.79 Å². The van der Waals surface area contributed by atoms with Crippen molar-refractivity contribution in [3.05, 3.63) is 32.7 Å². The SMILES string of the molecule is CCCN(C(=O)c1cc(Br)ccc1Br)C(C)C. The fourth-order valence-corrected chi connectivity index (χ4v) is 2.43. The molecule has 1 rings (SSSR count). The van der Waals surface area contributed by atoms with Gasteiger partial charge < -0.3 is 4.90 Å². The quantitative estimate of drug-likeness (QED) is 0.773. The Balaban J connectivity index is 3.04. The fourth-order valence-electron chi connectivity index (χ4n) is 1.65. The van der Waals surface area contributed by atoms with Gasteiger partial charge in [-0.2, -0.15) is 0 Å². The lowest BCUT2D eigenvalue weighted by atomic mass is 10.1. The van der Waals surface area contributed by atoms with Crippen molar-refractivity contribution >= 4 is 37.8 Å². The van der Waals surface area contributed by atoms with Crippen LogP contribution in [0.1, 0.15) is 37.6 Å². The number of hydrogen-bond acceptors (Lipinski definition) is 1. The summed E-state index contributed by atoms with van der Waals surface area (Å²) < 4.78 is 1.76. The highest BCUT2D eigenvalue weighted by Crippen LogP contribution is 2.23. The molecule has 0 aromatic heterocycles. The number of halogens is 2. The maximum Gasteiger partial charge on any atom is 0.255 e. The Labute approximate surface area is 120 Å². The summed E-state index contributed by atoms with van der Waals surface area (Å²) in [5.41, 5.74) is 0.710. The van der Waals surface area contributed by atoms with Crippen LogP contribution in [0.5, 0.6) is 0 Å². The summed E-state index contributed by atoms with van der Waals surface area (Å²) in [7, 11) is 0. The molecule has 1 aromatic carbocycles. The summed E-state index contributed by atoms with van der Waals surface area (Å²) in [5.74, 6) is 0.0787. The van der Waals surface area contributed by atoms with Crippen molar-refractivity contribution in [2.75, 3.05) is 6.54 Å². The molecule has 0 unspecified atom stereocenters. The Morgan fingerprint density at radius 3 is 2.53 bits per heavy atom. The zero-order chi connectivity index (χ0) is 13.0. The van der Waals surface area contributed by atoms with Gasteiger partial charge in [-0.15, -0.1) is 0 Å². The zero-order valence-electron chi connectivity index (χ0n) is 10.3. The third-order valence-corrected chi connectivity index (χ3v) is 3.69. The first kappa shape index (κ1) is 14.7. The van der Waals surface area contributed by atoms with Crippen molar-refractivity contribution in [3.8, 4) is 0 Å². The molecule has 0 N–H and O–H groups in total. The van der Waals surface area contributed by atoms with E-state index in [0.717, 1.165) is 21.9 Å². The maximum absolute atomic E-state index is 12.4. The van der Waals surface area contributed by atoms with Crippen LogP contribution in [-0.4, -0.2) is 23.4 Å². The topological polar surface area (TPSA) is 20.3 Å². The number of rotatable bonds is 4. The Hall–Kier alpha value is -0.350. The molecule has 0 bridgehead atoms. The van der Waals surface area contributed by atoms with E-state index in [4.69, 9.17) is 0 Å². The van der Waals surface area contributed by atoms with Crippen LogP contribution >= 0.6 is 31.9 Å². The van der Waals surface area contributed by atoms with Gasteiger partial charge >= 0.3 is 0 Å². The summed E-state index contributed by atoms with van der Waals surface area (Å²) in [5, 5.41) is 0. The summed E-state index contributed by atoms with van der Waals surface area (Å²) in [4.78, 5) is 14.3. The number of hydrogen-bond donors (Lipinski definition) is 0. The van der Waals surface area contributed by atoms with E-state index in [0.29, 0.717) is 5.56 Å². The van der Waals surface area contributed by atoms with E-state index in [1.165, 1.54) is 0 Å². The van der Waals surface area contributed by atoms with Crippen molar-refractivity contribution in [1.82, 2.24) is 4.90 Å². The molecule has 0 aliphatic carbocycles. The Bertz CT molecular complexity index is 404. The van der Waals surface area contributed by atoms with Gasteiger partial charge in [0, 0.05) is 21.5 Å². The minimum Gasteiger partial charge on any atom is -0.336 e. The molecule has 1 aromatic rings. The molecule has 0 saturated heterocycles. The molecule has 0 saturated carbocycles. The molecule has 0 atom stereocenters. The van der Waals surface area contributed by atoms with Crippen LogP contribution in [0.15, 0.2) is 27.1 Å². The van der Waals surface area contributed by atoms with E-state index in [-0.39, 0.29) is 11.9 Å². The first-order chi connectivity index (χ1) is 7.97. The molecule has 1 amide bonds. The van der Waals surface area contributed by atoms with Crippen LogP contribution in [0.3, 0.4) is 0 Å². The number of carbonyl (C=O) groups is 1. The monoisotopic (exact) mass is 361 g/mol. The summed E-state index contributed by atoms with van der Waals surface area (Å²) in [6, 6.07) is 5.88. The molecule has 0 spiro atoms. The van der Waals surface area contributed by atoms with Gasteiger partial charge in [0.25, 0.3) is 5.91 Å². The third kappa shape index (κ3) is 3.81. The average Bonchev–Trinajstić information content (AvgIpc) is 2.28. The Morgan fingerprint density at radius 1 is 1.35 bits per heavy atom. The first-order valence-corrected chi connectivity index (χ1v) is 7.32. The lowest BCUT2D eigenvalue weighted by Gasteiger charge is -2.26. The van der Waals surface area contributed by atoms with Crippen molar-refractivity contribution in [1.29, 1.82) is 0 Å². The van der Waals surface area contributed by atoms with E-state index in [9.17, 15) is 4.79 Å². The molecule has 2 nitrogen and oxygen atoms in total. The number of amides is 1. The average molecular weight is 363 g/mol. The molecular formula is C13H17Br2NO. The molecule has 0 aliphatic heterocycles. The Morgan fingerprint density at radius 2 is 2.00 bits per heavy atom. The van der Waals surface area contributed by atoms with Crippen LogP contribution in [0.2, 0.25) is 0 Å². The predicted octanol–water partition coefficient (Wildman–Crippen LogP) is 4.47. The number of benzene rings is 1. The third-order valence-electron chi connectivity index (χ3n) is 2.51. The fraction of sp³-hybridized carbons (Fsp3) is 0.462. The lowest BCUT2D eigenvalue weighted by Crippen LogP contribution is -2.37. The van der Waals surface area contributed by atoms with Gasteiger partial charge in [-0.1, -0.05) is 22.9 Å². The molecule has 94 valence electrons. The standard InChI is InChI=1S/C13H17Br2NO/c1-4-7-16(9(2)3)13(17)11-8-10(14)5-6-12(11)15/h5-6,8-9H,4,7H2,1-3H3. The van der Waals surface area contributed by atoms with Gasteiger partial charge in [-0.05, 0) is 54.4 Å². The lowest BCUT2D eigenvalue weighted by molar-refractivity contribution is 0.0705. The Kier molecular flexibility index (Phi) is 5.67. The van der Waals surface area contributed by atoms with Crippen LogP contribution in [0.4, 0.5) is 0 Å². The van der Waals surface area contributed by atoms with Gasteiger partial charge in [-0.3, -0.25) is 4.79 Å². The largest absolute Gasteiger partial charge is 0.336 e. The van der Waals surface area contributed by atoms with Crippen LogP contribution in [0.25, 0.3) is 0 Å². The van der Waals surface area contributed by atoms with Gasteiger partial charge in [0.2, 0.25) is 0 Å². The summed E-state index contributed by atoms with van der Waals surface area (Å²) >= 11 is 6.83. The molecule has 0 heterocycles. The van der Waals surface area contributed by atoms with Crippen LogP contribution in [-0.2, 0) is 0 Å². The predicted molar refractivity (Wildman–Crippen MR) is 78.3 cm³/mol. The minimum atomic E-state index is 0.0787. The van der Waals surface area contributed by atoms with Crippen LogP contribution < -0.4 is 0 Å². The second-order valence-electron chi connectivity index (χ2n) is 4.22. The van der Waals surface area contributed by atoms with Gasteiger partial charge in [0.1, 0.15) is 0 Å². The second-order valence-corrected chi connectivity index (χ2v) is 5.99. The summed E-state index contributed by atoms with van der Waals surface area (Å²) in [6.07, 6.45) is 0.968. The normalized spacial score (nSPS) is 10.7. The van der Waals surface area contributed by atoms with Gasteiger partial charge in [-0.25, -0.2) is 0 Å². The van der Waals surface area contributed by atoms with Crippen molar-refractivity contribution in [3.63, 3.8) is 0 Å². The van der Waals surface area contributed by atoms with E-state index in [2.05, 4.69) is 38.8 Å². The first-order valence-electron chi connectivity index (χ1n) is 5.73. The molecule has 4 heteroatoms. The molecular weight excluding hydrogens is 346 g/mol. The number of carbonyl (C=O) groups excluding carboxylic acids is 1.